The van der Waals surface area contributed by atoms with Crippen LogP contribution >= 0.6 is 0 Å². The molecule has 0 saturated carbocycles. The molecular weight excluding hydrogens is 162 g/mol. The highest BCUT2D eigenvalue weighted by Gasteiger charge is 2.28. The van der Waals surface area contributed by atoms with E-state index < -0.39 is 0 Å². The van der Waals surface area contributed by atoms with Gasteiger partial charge in [0, 0.05) is 19.1 Å². The topological polar surface area (TPSA) is 35.2 Å². The van der Waals surface area contributed by atoms with Crippen molar-refractivity contribution in [1.29, 1.82) is 0 Å². The maximum atomic E-state index is 6.10. The fourth-order valence-electron chi connectivity index (χ4n) is 2.09. The lowest BCUT2D eigenvalue weighted by molar-refractivity contribution is 0.145. The van der Waals surface area contributed by atoms with Gasteiger partial charge in [-0.25, -0.2) is 0 Å². The van der Waals surface area contributed by atoms with E-state index in [9.17, 15) is 0 Å². The van der Waals surface area contributed by atoms with Crippen LogP contribution in [-0.2, 0) is 11.2 Å². The van der Waals surface area contributed by atoms with Gasteiger partial charge in [0.2, 0.25) is 0 Å². The van der Waals surface area contributed by atoms with Crippen molar-refractivity contribution in [2.45, 2.75) is 12.5 Å². The zero-order chi connectivity index (χ0) is 9.26. The van der Waals surface area contributed by atoms with Crippen LogP contribution in [0.15, 0.2) is 24.3 Å². The fourth-order valence-corrected chi connectivity index (χ4v) is 2.09. The summed E-state index contributed by atoms with van der Waals surface area (Å²) in [7, 11) is 1.73. The predicted octanol–water partition coefficient (Wildman–Crippen LogP) is 1.51. The molecule has 2 atom stereocenters. The Balaban J connectivity index is 2.22. The lowest BCUT2D eigenvalue weighted by Gasteiger charge is -2.14. The summed E-state index contributed by atoms with van der Waals surface area (Å²) in [5.74, 6) is 0.461. The van der Waals surface area contributed by atoms with E-state index in [0.29, 0.717) is 5.92 Å². The van der Waals surface area contributed by atoms with Crippen molar-refractivity contribution in [3.63, 3.8) is 0 Å². The van der Waals surface area contributed by atoms with E-state index in [0.717, 1.165) is 13.0 Å². The number of ether oxygens (including phenoxy) is 1. The third-order valence-corrected chi connectivity index (χ3v) is 2.78. The SMILES string of the molecule is COCC1Cc2ccccc2C1N. The van der Waals surface area contributed by atoms with Gasteiger partial charge in [0.1, 0.15) is 0 Å². The molecule has 0 amide bonds. The molecule has 1 aromatic carbocycles. The van der Waals surface area contributed by atoms with Crippen molar-refractivity contribution in [3.05, 3.63) is 35.4 Å². The first-order valence-corrected chi connectivity index (χ1v) is 4.65. The van der Waals surface area contributed by atoms with Gasteiger partial charge in [-0.15, -0.1) is 0 Å². The first kappa shape index (κ1) is 8.73. The molecule has 2 rings (SSSR count). The van der Waals surface area contributed by atoms with Crippen LogP contribution in [0.2, 0.25) is 0 Å². The van der Waals surface area contributed by atoms with Gasteiger partial charge >= 0.3 is 0 Å². The van der Waals surface area contributed by atoms with Gasteiger partial charge in [0.05, 0.1) is 6.61 Å². The van der Waals surface area contributed by atoms with Crippen molar-refractivity contribution >= 4 is 0 Å². The number of nitrogens with two attached hydrogens (primary N) is 1. The fraction of sp³-hybridized carbons (Fsp3) is 0.455. The first-order chi connectivity index (χ1) is 6.33. The van der Waals surface area contributed by atoms with E-state index in [-0.39, 0.29) is 6.04 Å². The third-order valence-electron chi connectivity index (χ3n) is 2.78. The van der Waals surface area contributed by atoms with E-state index in [1.807, 2.05) is 6.07 Å². The van der Waals surface area contributed by atoms with Crippen LogP contribution < -0.4 is 5.73 Å². The number of hydrogen-bond donors (Lipinski definition) is 1. The average molecular weight is 177 g/mol. The number of hydrogen-bond acceptors (Lipinski definition) is 2. The summed E-state index contributed by atoms with van der Waals surface area (Å²) in [4.78, 5) is 0. The smallest absolute Gasteiger partial charge is 0.0511 e. The molecule has 0 radical (unpaired) electrons. The Kier molecular flexibility index (Phi) is 2.34. The molecule has 70 valence electrons. The quantitative estimate of drug-likeness (QED) is 0.743. The van der Waals surface area contributed by atoms with Crippen LogP contribution in [0.3, 0.4) is 0 Å². The second-order valence-corrected chi connectivity index (χ2v) is 3.64. The molecule has 1 aliphatic carbocycles. The minimum absolute atomic E-state index is 0.163. The highest BCUT2D eigenvalue weighted by atomic mass is 16.5. The monoisotopic (exact) mass is 177 g/mol. The Morgan fingerprint density at radius 3 is 2.92 bits per heavy atom. The van der Waals surface area contributed by atoms with Gasteiger partial charge in [-0.05, 0) is 17.5 Å². The second-order valence-electron chi connectivity index (χ2n) is 3.64. The second kappa shape index (κ2) is 3.48. The number of benzene rings is 1. The molecule has 0 heterocycles. The third kappa shape index (κ3) is 1.47. The van der Waals surface area contributed by atoms with Gasteiger partial charge in [0.25, 0.3) is 0 Å². The summed E-state index contributed by atoms with van der Waals surface area (Å²) in [6.07, 6.45) is 1.06. The van der Waals surface area contributed by atoms with Crippen molar-refractivity contribution in [1.82, 2.24) is 0 Å². The van der Waals surface area contributed by atoms with Gasteiger partial charge < -0.3 is 10.5 Å². The van der Waals surface area contributed by atoms with Gasteiger partial charge in [-0.3, -0.25) is 0 Å². The van der Waals surface area contributed by atoms with Gasteiger partial charge in [0.15, 0.2) is 0 Å². The largest absolute Gasteiger partial charge is 0.384 e. The minimum atomic E-state index is 0.163. The van der Waals surface area contributed by atoms with Crippen LogP contribution in [0.4, 0.5) is 0 Å². The van der Waals surface area contributed by atoms with E-state index >= 15 is 0 Å². The molecule has 1 aromatic rings. The molecule has 2 N–H and O–H groups in total. The summed E-state index contributed by atoms with van der Waals surface area (Å²) in [5.41, 5.74) is 8.78. The Morgan fingerprint density at radius 2 is 2.23 bits per heavy atom. The molecule has 0 spiro atoms. The zero-order valence-corrected chi connectivity index (χ0v) is 7.86. The molecule has 2 nitrogen and oxygen atoms in total. The molecule has 0 aliphatic heterocycles. The maximum absolute atomic E-state index is 6.10. The van der Waals surface area contributed by atoms with Crippen LogP contribution in [0, 0.1) is 5.92 Å². The summed E-state index contributed by atoms with van der Waals surface area (Å²) in [5, 5.41) is 0. The summed E-state index contributed by atoms with van der Waals surface area (Å²) < 4.78 is 5.15. The van der Waals surface area contributed by atoms with Crippen LogP contribution in [0.5, 0.6) is 0 Å². The van der Waals surface area contributed by atoms with Crippen molar-refractivity contribution in [3.8, 4) is 0 Å². The van der Waals surface area contributed by atoms with Crippen LogP contribution in [0.1, 0.15) is 17.2 Å². The molecule has 2 heteroatoms. The summed E-state index contributed by atoms with van der Waals surface area (Å²) in [6, 6.07) is 8.56. The number of methoxy groups -OCH3 is 1. The zero-order valence-electron chi connectivity index (χ0n) is 7.86. The van der Waals surface area contributed by atoms with E-state index in [2.05, 4.69) is 18.2 Å². The summed E-state index contributed by atoms with van der Waals surface area (Å²) >= 11 is 0. The lowest BCUT2D eigenvalue weighted by atomic mass is 10.0. The van der Waals surface area contributed by atoms with E-state index in [1.165, 1.54) is 11.1 Å². The van der Waals surface area contributed by atoms with E-state index in [4.69, 9.17) is 10.5 Å². The van der Waals surface area contributed by atoms with Crippen molar-refractivity contribution in [2.24, 2.45) is 11.7 Å². The molecule has 0 bridgehead atoms. The minimum Gasteiger partial charge on any atom is -0.384 e. The lowest BCUT2D eigenvalue weighted by Crippen LogP contribution is -2.20. The standard InChI is InChI=1S/C11H15NO/c1-13-7-9-6-8-4-2-3-5-10(8)11(9)12/h2-5,9,11H,6-7,12H2,1H3. The summed E-state index contributed by atoms with van der Waals surface area (Å²) in [6.45, 7) is 0.760. The number of fused-ring (bicyclic) bond motifs is 1. The average Bonchev–Trinajstić information content (AvgIpc) is 2.46. The Hall–Kier alpha value is -0.860. The molecule has 0 saturated heterocycles. The Bertz CT molecular complexity index is 298. The van der Waals surface area contributed by atoms with Crippen molar-refractivity contribution in [2.75, 3.05) is 13.7 Å². The van der Waals surface area contributed by atoms with Gasteiger partial charge in [-0.2, -0.15) is 0 Å². The first-order valence-electron chi connectivity index (χ1n) is 4.65. The molecule has 1 aliphatic rings. The molecule has 0 aromatic heterocycles. The Labute approximate surface area is 78.7 Å². The van der Waals surface area contributed by atoms with Crippen molar-refractivity contribution < 1.29 is 4.74 Å². The molecular formula is C11H15NO. The molecule has 0 fully saturated rings. The highest BCUT2D eigenvalue weighted by molar-refractivity contribution is 5.35. The van der Waals surface area contributed by atoms with Crippen LogP contribution in [0.25, 0.3) is 0 Å². The van der Waals surface area contributed by atoms with Gasteiger partial charge in [-0.1, -0.05) is 24.3 Å². The van der Waals surface area contributed by atoms with E-state index in [1.54, 1.807) is 7.11 Å². The number of rotatable bonds is 2. The predicted molar refractivity (Wildman–Crippen MR) is 52.4 cm³/mol. The molecule has 2 unspecified atom stereocenters. The van der Waals surface area contributed by atoms with Crippen LogP contribution in [-0.4, -0.2) is 13.7 Å². The highest BCUT2D eigenvalue weighted by Crippen LogP contribution is 2.33. The Morgan fingerprint density at radius 1 is 1.46 bits per heavy atom. The normalized spacial score (nSPS) is 26.0. The maximum Gasteiger partial charge on any atom is 0.0511 e. The molecule has 13 heavy (non-hydrogen) atoms.